The minimum Gasteiger partial charge on any atom is -0.459 e. The third-order valence-electron chi connectivity index (χ3n) is 4.12. The van der Waals surface area contributed by atoms with Crippen molar-refractivity contribution in [2.75, 3.05) is 0 Å². The van der Waals surface area contributed by atoms with Gasteiger partial charge in [0, 0.05) is 0 Å². The second kappa shape index (κ2) is 8.76. The monoisotopic (exact) mass is 414 g/mol. The van der Waals surface area contributed by atoms with Gasteiger partial charge in [0.25, 0.3) is 0 Å². The zero-order valence-electron chi connectivity index (χ0n) is 17.3. The van der Waals surface area contributed by atoms with Crippen LogP contribution >= 0.6 is 0 Å². The molecule has 2 aromatic carbocycles. The molecule has 0 fully saturated rings. The summed E-state index contributed by atoms with van der Waals surface area (Å²) in [6.45, 7) is 8.71. The first-order valence-electron chi connectivity index (χ1n) is 9.29. The number of nitrogens with zero attached hydrogens (tertiary/aromatic N) is 1. The maximum absolute atomic E-state index is 12.8. The predicted molar refractivity (Wildman–Crippen MR) is 111 cm³/mol. The molecule has 0 aliphatic carbocycles. The summed E-state index contributed by atoms with van der Waals surface area (Å²) in [4.78, 5) is 12.5. The standard InChI is InChI=1S/C22H26N2O4S/c1-15(2)20(21(25)28-22(3,4)5)24-29(26,27)19-12-10-18(11-13-19)17-8-6-16(14-23)7-9-17/h6-13,15,20,24H,1-5H3/t20-/m0/s1. The van der Waals surface area contributed by atoms with Crippen molar-refractivity contribution in [2.24, 2.45) is 5.92 Å². The maximum atomic E-state index is 12.8. The number of sulfonamides is 1. The molecule has 0 aromatic heterocycles. The highest BCUT2D eigenvalue weighted by Gasteiger charge is 2.32. The average Bonchev–Trinajstić information content (AvgIpc) is 2.64. The molecular weight excluding hydrogens is 388 g/mol. The molecule has 0 unspecified atom stereocenters. The average molecular weight is 415 g/mol. The fourth-order valence-corrected chi connectivity index (χ4v) is 3.95. The van der Waals surface area contributed by atoms with Crippen LogP contribution in [0, 0.1) is 17.2 Å². The third-order valence-corrected chi connectivity index (χ3v) is 5.58. The summed E-state index contributed by atoms with van der Waals surface area (Å²) < 4.78 is 33.4. The van der Waals surface area contributed by atoms with E-state index < -0.39 is 27.6 Å². The number of rotatable bonds is 6. The first-order valence-corrected chi connectivity index (χ1v) is 10.8. The number of carbonyl (C=O) groups is 1. The summed E-state index contributed by atoms with van der Waals surface area (Å²) >= 11 is 0. The lowest BCUT2D eigenvalue weighted by Crippen LogP contribution is -2.47. The van der Waals surface area contributed by atoms with Crippen LogP contribution in [0.5, 0.6) is 0 Å². The molecule has 0 amide bonds. The van der Waals surface area contributed by atoms with Crippen LogP contribution in [-0.2, 0) is 19.6 Å². The van der Waals surface area contributed by atoms with Gasteiger partial charge < -0.3 is 4.74 Å². The van der Waals surface area contributed by atoms with Gasteiger partial charge >= 0.3 is 5.97 Å². The quantitative estimate of drug-likeness (QED) is 0.724. The minimum absolute atomic E-state index is 0.0594. The Morgan fingerprint density at radius 3 is 1.90 bits per heavy atom. The van der Waals surface area contributed by atoms with E-state index in [-0.39, 0.29) is 10.8 Å². The van der Waals surface area contributed by atoms with Crippen LogP contribution in [0.15, 0.2) is 53.4 Å². The van der Waals surface area contributed by atoms with Crippen molar-refractivity contribution < 1.29 is 17.9 Å². The summed E-state index contributed by atoms with van der Waals surface area (Å²) in [7, 11) is -3.91. The van der Waals surface area contributed by atoms with E-state index in [9.17, 15) is 13.2 Å². The second-order valence-corrected chi connectivity index (χ2v) is 9.80. The van der Waals surface area contributed by atoms with E-state index in [0.717, 1.165) is 11.1 Å². The van der Waals surface area contributed by atoms with E-state index in [0.29, 0.717) is 5.56 Å². The van der Waals surface area contributed by atoms with Crippen molar-refractivity contribution in [3.63, 3.8) is 0 Å². The Morgan fingerprint density at radius 2 is 1.48 bits per heavy atom. The fraction of sp³-hybridized carbons (Fsp3) is 0.364. The van der Waals surface area contributed by atoms with Gasteiger partial charge in [0.05, 0.1) is 16.5 Å². The van der Waals surface area contributed by atoms with E-state index in [1.807, 2.05) is 0 Å². The lowest BCUT2D eigenvalue weighted by molar-refractivity contribution is -0.158. The number of nitriles is 1. The molecule has 0 aliphatic rings. The lowest BCUT2D eigenvalue weighted by Gasteiger charge is -2.26. The Bertz CT molecular complexity index is 997. The van der Waals surface area contributed by atoms with Gasteiger partial charge in [-0.15, -0.1) is 0 Å². The highest BCUT2D eigenvalue weighted by Crippen LogP contribution is 2.22. The Labute approximate surface area is 172 Å². The van der Waals surface area contributed by atoms with Crippen LogP contribution in [0.1, 0.15) is 40.2 Å². The lowest BCUT2D eigenvalue weighted by atomic mass is 10.0. The Balaban J connectivity index is 2.23. The third kappa shape index (κ3) is 6.14. The number of ether oxygens (including phenoxy) is 1. The van der Waals surface area contributed by atoms with Crippen molar-refractivity contribution in [3.05, 3.63) is 54.1 Å². The van der Waals surface area contributed by atoms with Gasteiger partial charge in [0.2, 0.25) is 10.0 Å². The molecule has 6 nitrogen and oxygen atoms in total. The first kappa shape index (κ1) is 22.6. The van der Waals surface area contributed by atoms with Crippen LogP contribution in [0.25, 0.3) is 11.1 Å². The summed E-state index contributed by atoms with van der Waals surface area (Å²) in [6.07, 6.45) is 0. The summed E-state index contributed by atoms with van der Waals surface area (Å²) in [5.74, 6) is -0.886. The highest BCUT2D eigenvalue weighted by molar-refractivity contribution is 7.89. The molecule has 2 aromatic rings. The number of carbonyl (C=O) groups excluding carboxylic acids is 1. The molecule has 0 radical (unpaired) electrons. The van der Waals surface area contributed by atoms with Crippen molar-refractivity contribution in [1.82, 2.24) is 4.72 Å². The zero-order valence-corrected chi connectivity index (χ0v) is 18.1. The van der Waals surface area contributed by atoms with Gasteiger partial charge in [0.1, 0.15) is 11.6 Å². The molecule has 154 valence electrons. The van der Waals surface area contributed by atoms with Crippen LogP contribution in [0.2, 0.25) is 0 Å². The number of benzene rings is 2. The zero-order chi connectivity index (χ0) is 21.8. The number of esters is 1. The highest BCUT2D eigenvalue weighted by atomic mass is 32.2. The summed E-state index contributed by atoms with van der Waals surface area (Å²) in [5, 5.41) is 8.88. The Hall–Kier alpha value is -2.69. The molecule has 0 aliphatic heterocycles. The molecule has 0 saturated carbocycles. The Morgan fingerprint density at radius 1 is 1.00 bits per heavy atom. The van der Waals surface area contributed by atoms with Gasteiger partial charge in [-0.2, -0.15) is 9.98 Å². The smallest absolute Gasteiger partial charge is 0.324 e. The van der Waals surface area contributed by atoms with Crippen molar-refractivity contribution in [2.45, 2.75) is 51.2 Å². The second-order valence-electron chi connectivity index (χ2n) is 8.09. The molecule has 1 N–H and O–H groups in total. The fourth-order valence-electron chi connectivity index (χ4n) is 2.62. The van der Waals surface area contributed by atoms with Crippen molar-refractivity contribution >= 4 is 16.0 Å². The molecule has 0 heterocycles. The predicted octanol–water partition coefficient (Wildman–Crippen LogP) is 3.87. The van der Waals surface area contributed by atoms with Gasteiger partial charge in [-0.3, -0.25) is 4.79 Å². The van der Waals surface area contributed by atoms with Crippen LogP contribution in [0.4, 0.5) is 0 Å². The molecule has 1 atom stereocenters. The van der Waals surface area contributed by atoms with E-state index in [1.165, 1.54) is 12.1 Å². The van der Waals surface area contributed by atoms with E-state index in [4.69, 9.17) is 10.00 Å². The van der Waals surface area contributed by atoms with Gasteiger partial charge in [0.15, 0.2) is 0 Å². The van der Waals surface area contributed by atoms with Crippen molar-refractivity contribution in [3.8, 4) is 17.2 Å². The van der Waals surface area contributed by atoms with Gasteiger partial charge in [-0.25, -0.2) is 8.42 Å². The number of hydrogen-bond acceptors (Lipinski definition) is 5. The number of hydrogen-bond donors (Lipinski definition) is 1. The maximum Gasteiger partial charge on any atom is 0.324 e. The summed E-state index contributed by atoms with van der Waals surface area (Å²) in [6, 6.07) is 14.4. The topological polar surface area (TPSA) is 96.3 Å². The van der Waals surface area contributed by atoms with Crippen LogP contribution in [-0.4, -0.2) is 26.0 Å². The molecule has 29 heavy (non-hydrogen) atoms. The molecule has 0 saturated heterocycles. The first-order chi connectivity index (χ1) is 13.4. The molecular formula is C22H26N2O4S. The van der Waals surface area contributed by atoms with Gasteiger partial charge in [-0.05, 0) is 62.1 Å². The summed E-state index contributed by atoms with van der Waals surface area (Å²) in [5.41, 5.74) is 1.54. The van der Waals surface area contributed by atoms with Crippen molar-refractivity contribution in [1.29, 1.82) is 5.26 Å². The van der Waals surface area contributed by atoms with E-state index in [2.05, 4.69) is 10.8 Å². The number of nitrogens with one attached hydrogen (secondary N) is 1. The normalized spacial score (nSPS) is 13.0. The molecule has 7 heteroatoms. The van der Waals surface area contributed by atoms with Crippen LogP contribution in [0.3, 0.4) is 0 Å². The van der Waals surface area contributed by atoms with Crippen LogP contribution < -0.4 is 4.72 Å². The van der Waals surface area contributed by atoms with E-state index >= 15 is 0 Å². The SMILES string of the molecule is CC(C)[C@H](NS(=O)(=O)c1ccc(-c2ccc(C#N)cc2)cc1)C(=O)OC(C)(C)C. The molecule has 2 rings (SSSR count). The minimum atomic E-state index is -3.91. The molecule has 0 spiro atoms. The van der Waals surface area contributed by atoms with Gasteiger partial charge in [-0.1, -0.05) is 38.1 Å². The van der Waals surface area contributed by atoms with E-state index in [1.54, 1.807) is 71.0 Å². The largest absolute Gasteiger partial charge is 0.459 e. The Kier molecular flexibility index (Phi) is 6.83. The molecule has 0 bridgehead atoms.